The highest BCUT2D eigenvalue weighted by molar-refractivity contribution is 7.88. The first-order chi connectivity index (χ1) is 14.4. The van der Waals surface area contributed by atoms with Gasteiger partial charge in [0.2, 0.25) is 15.9 Å². The summed E-state index contributed by atoms with van der Waals surface area (Å²) in [6.07, 6.45) is 3.73. The van der Waals surface area contributed by atoms with Gasteiger partial charge in [0.15, 0.2) is 11.7 Å². The number of oxazole rings is 1. The van der Waals surface area contributed by atoms with E-state index in [1.165, 1.54) is 6.08 Å². The largest absolute Gasteiger partial charge is 0.441 e. The van der Waals surface area contributed by atoms with Crippen molar-refractivity contribution in [2.75, 3.05) is 11.9 Å². The summed E-state index contributed by atoms with van der Waals surface area (Å²) in [5.74, 6) is 0.849. The SMILES string of the molecule is C=CCNS(=O)(=O)Cc1ccc(NC(=O)CCc2ncc(-c3ccccc3)o2)cc1. The van der Waals surface area contributed by atoms with E-state index in [9.17, 15) is 13.2 Å². The highest BCUT2D eigenvalue weighted by atomic mass is 32.2. The summed E-state index contributed by atoms with van der Waals surface area (Å²) in [7, 11) is -3.42. The number of aromatic nitrogens is 1. The van der Waals surface area contributed by atoms with E-state index in [0.29, 0.717) is 29.3 Å². The first-order valence-corrected chi connectivity index (χ1v) is 11.1. The normalized spacial score (nSPS) is 11.2. The molecule has 2 N–H and O–H groups in total. The number of aryl methyl sites for hydroxylation is 1. The van der Waals surface area contributed by atoms with Gasteiger partial charge in [0, 0.05) is 30.6 Å². The van der Waals surface area contributed by atoms with Crippen molar-refractivity contribution in [3.05, 3.63) is 84.9 Å². The van der Waals surface area contributed by atoms with Crippen LogP contribution in [0.5, 0.6) is 0 Å². The number of nitrogens with zero attached hydrogens (tertiary/aromatic N) is 1. The maximum absolute atomic E-state index is 12.2. The van der Waals surface area contributed by atoms with Crippen molar-refractivity contribution in [3.63, 3.8) is 0 Å². The molecule has 3 aromatic rings. The number of benzene rings is 2. The van der Waals surface area contributed by atoms with Gasteiger partial charge >= 0.3 is 0 Å². The quantitative estimate of drug-likeness (QED) is 0.484. The fourth-order valence-electron chi connectivity index (χ4n) is 2.75. The molecule has 0 aliphatic heterocycles. The Bertz CT molecular complexity index is 1090. The van der Waals surface area contributed by atoms with E-state index in [1.807, 2.05) is 30.3 Å². The molecule has 0 fully saturated rings. The lowest BCUT2D eigenvalue weighted by Gasteiger charge is -2.07. The van der Waals surface area contributed by atoms with Gasteiger partial charge in [-0.1, -0.05) is 48.5 Å². The van der Waals surface area contributed by atoms with Gasteiger partial charge in [-0.25, -0.2) is 18.1 Å². The van der Waals surface area contributed by atoms with Gasteiger partial charge in [0.25, 0.3) is 0 Å². The standard InChI is InChI=1S/C22H23N3O4S/c1-2-14-24-30(27,28)16-17-8-10-19(11-9-17)25-21(26)12-13-22-23-15-20(29-22)18-6-4-3-5-7-18/h2-11,15,24H,1,12-14,16H2,(H,25,26). The van der Waals surface area contributed by atoms with Crippen LogP contribution in [0.1, 0.15) is 17.9 Å². The fourth-order valence-corrected chi connectivity index (χ4v) is 3.85. The maximum atomic E-state index is 12.2. The van der Waals surface area contributed by atoms with Gasteiger partial charge < -0.3 is 9.73 Å². The van der Waals surface area contributed by atoms with Crippen LogP contribution in [0.3, 0.4) is 0 Å². The number of carbonyl (C=O) groups is 1. The molecule has 0 aliphatic carbocycles. The minimum Gasteiger partial charge on any atom is -0.441 e. The Morgan fingerprint density at radius 2 is 1.83 bits per heavy atom. The molecule has 2 aromatic carbocycles. The van der Waals surface area contributed by atoms with Crippen molar-refractivity contribution in [3.8, 4) is 11.3 Å². The second-order valence-electron chi connectivity index (χ2n) is 6.63. The molecule has 1 heterocycles. The number of anilines is 1. The van der Waals surface area contributed by atoms with Gasteiger partial charge in [-0.05, 0) is 17.7 Å². The number of carbonyl (C=O) groups excluding carboxylic acids is 1. The summed E-state index contributed by atoms with van der Waals surface area (Å²) in [5, 5.41) is 2.79. The summed E-state index contributed by atoms with van der Waals surface area (Å²) in [6.45, 7) is 3.67. The van der Waals surface area contributed by atoms with Crippen molar-refractivity contribution >= 4 is 21.6 Å². The molecule has 0 bridgehead atoms. The second-order valence-corrected chi connectivity index (χ2v) is 8.43. The van der Waals surface area contributed by atoms with Gasteiger partial charge in [0.05, 0.1) is 11.9 Å². The lowest BCUT2D eigenvalue weighted by Crippen LogP contribution is -2.25. The van der Waals surface area contributed by atoms with Crippen molar-refractivity contribution < 1.29 is 17.6 Å². The highest BCUT2D eigenvalue weighted by Crippen LogP contribution is 2.20. The molecular weight excluding hydrogens is 402 g/mol. The smallest absolute Gasteiger partial charge is 0.224 e. The van der Waals surface area contributed by atoms with Crippen LogP contribution >= 0.6 is 0 Å². The molecule has 0 aliphatic rings. The maximum Gasteiger partial charge on any atom is 0.224 e. The highest BCUT2D eigenvalue weighted by Gasteiger charge is 2.11. The van der Waals surface area contributed by atoms with Gasteiger partial charge in [0.1, 0.15) is 0 Å². The van der Waals surface area contributed by atoms with Crippen molar-refractivity contribution in [2.24, 2.45) is 0 Å². The molecule has 0 saturated heterocycles. The van der Waals surface area contributed by atoms with Crippen molar-refractivity contribution in [2.45, 2.75) is 18.6 Å². The second kappa shape index (κ2) is 10.00. The predicted octanol–water partition coefficient (Wildman–Crippen LogP) is 3.52. The molecule has 0 atom stereocenters. The third-order valence-electron chi connectivity index (χ3n) is 4.22. The molecule has 0 radical (unpaired) electrons. The van der Waals surface area contributed by atoms with Gasteiger partial charge in [-0.2, -0.15) is 0 Å². The molecule has 0 saturated carbocycles. The molecule has 1 aromatic heterocycles. The third kappa shape index (κ3) is 6.40. The minimum atomic E-state index is -3.42. The Morgan fingerprint density at radius 1 is 1.10 bits per heavy atom. The molecule has 0 unspecified atom stereocenters. The Labute approximate surface area is 175 Å². The Kier molecular flexibility index (Phi) is 7.16. The molecule has 7 nitrogen and oxygen atoms in total. The number of hydrogen-bond acceptors (Lipinski definition) is 5. The minimum absolute atomic E-state index is 0.136. The van der Waals surface area contributed by atoms with Crippen LogP contribution in [-0.2, 0) is 27.0 Å². The number of amides is 1. The van der Waals surface area contributed by atoms with E-state index in [-0.39, 0.29) is 24.6 Å². The van der Waals surface area contributed by atoms with Crippen molar-refractivity contribution in [1.82, 2.24) is 9.71 Å². The Balaban J connectivity index is 1.49. The topological polar surface area (TPSA) is 101 Å². The molecular formula is C22H23N3O4S. The molecule has 156 valence electrons. The van der Waals surface area contributed by atoms with E-state index >= 15 is 0 Å². The van der Waals surface area contributed by atoms with Crippen LogP contribution in [0.2, 0.25) is 0 Å². The Morgan fingerprint density at radius 3 is 2.53 bits per heavy atom. The lowest BCUT2D eigenvalue weighted by atomic mass is 10.2. The molecule has 1 amide bonds. The van der Waals surface area contributed by atoms with E-state index in [2.05, 4.69) is 21.6 Å². The number of sulfonamides is 1. The number of hydrogen-bond donors (Lipinski definition) is 2. The summed E-state index contributed by atoms with van der Waals surface area (Å²) >= 11 is 0. The fraction of sp³-hybridized carbons (Fsp3) is 0.182. The van der Waals surface area contributed by atoms with Crippen LogP contribution in [0.15, 0.2) is 77.9 Å². The van der Waals surface area contributed by atoms with E-state index in [0.717, 1.165) is 5.56 Å². The zero-order chi connectivity index (χ0) is 21.4. The third-order valence-corrected chi connectivity index (χ3v) is 5.54. The van der Waals surface area contributed by atoms with Gasteiger partial charge in [-0.3, -0.25) is 4.79 Å². The van der Waals surface area contributed by atoms with Crippen LogP contribution in [0, 0.1) is 0 Å². The van der Waals surface area contributed by atoms with Crippen LogP contribution in [-0.4, -0.2) is 25.9 Å². The summed E-state index contributed by atoms with van der Waals surface area (Å²) in [5.41, 5.74) is 2.15. The van der Waals surface area contributed by atoms with E-state index in [1.54, 1.807) is 30.5 Å². The van der Waals surface area contributed by atoms with Crippen LogP contribution < -0.4 is 10.0 Å². The molecule has 30 heavy (non-hydrogen) atoms. The summed E-state index contributed by atoms with van der Waals surface area (Å²) < 4.78 is 31.9. The van der Waals surface area contributed by atoms with Gasteiger partial charge in [-0.15, -0.1) is 6.58 Å². The van der Waals surface area contributed by atoms with Crippen LogP contribution in [0.4, 0.5) is 5.69 Å². The predicted molar refractivity (Wildman–Crippen MR) is 116 cm³/mol. The molecule has 8 heteroatoms. The molecule has 0 spiro atoms. The zero-order valence-electron chi connectivity index (χ0n) is 16.4. The monoisotopic (exact) mass is 425 g/mol. The first-order valence-electron chi connectivity index (χ1n) is 9.42. The van der Waals surface area contributed by atoms with E-state index in [4.69, 9.17) is 4.42 Å². The number of rotatable bonds is 10. The Hall–Kier alpha value is -3.23. The average molecular weight is 426 g/mol. The summed E-state index contributed by atoms with van der Waals surface area (Å²) in [4.78, 5) is 16.4. The van der Waals surface area contributed by atoms with Crippen molar-refractivity contribution in [1.29, 1.82) is 0 Å². The lowest BCUT2D eigenvalue weighted by molar-refractivity contribution is -0.116. The number of nitrogens with one attached hydrogen (secondary N) is 2. The molecule has 3 rings (SSSR count). The summed E-state index contributed by atoms with van der Waals surface area (Å²) in [6, 6.07) is 16.3. The zero-order valence-corrected chi connectivity index (χ0v) is 17.2. The first kappa shape index (κ1) is 21.5. The van der Waals surface area contributed by atoms with E-state index < -0.39 is 10.0 Å². The average Bonchev–Trinajstić information content (AvgIpc) is 3.22. The van der Waals surface area contributed by atoms with Crippen LogP contribution in [0.25, 0.3) is 11.3 Å².